The molecule has 6 nitrogen and oxygen atoms in total. The molecule has 1 atom stereocenters. The molecule has 2 heterocycles. The lowest BCUT2D eigenvalue weighted by Gasteiger charge is -2.22. The van der Waals surface area contributed by atoms with Crippen LogP contribution < -0.4 is 20.1 Å². The standard InChI is InChI=1S/C21H25N3O3/c1-26-15-6-7-19(27-2)16(11-15)14-8-9-24(12-14)21-17(20(22)25)10-13-4-3-5-18(13)23-21/h6-7,10-11,14H,3-5,8-9,12H2,1-2H3,(H2,22,25). The minimum absolute atomic E-state index is 0.283. The smallest absolute Gasteiger partial charge is 0.252 e. The van der Waals surface area contributed by atoms with Crippen LogP contribution in [-0.2, 0) is 12.8 Å². The van der Waals surface area contributed by atoms with Gasteiger partial charge in [-0.3, -0.25) is 4.79 Å². The molecule has 4 rings (SSSR count). The first-order valence-electron chi connectivity index (χ1n) is 9.40. The van der Waals surface area contributed by atoms with Crippen molar-refractivity contribution >= 4 is 11.7 Å². The van der Waals surface area contributed by atoms with Crippen molar-refractivity contribution in [2.75, 3.05) is 32.2 Å². The molecule has 1 aliphatic carbocycles. The van der Waals surface area contributed by atoms with Crippen molar-refractivity contribution in [3.05, 3.63) is 46.6 Å². The molecule has 1 aliphatic heterocycles. The van der Waals surface area contributed by atoms with E-state index in [1.807, 2.05) is 24.3 Å². The third-order valence-electron chi connectivity index (χ3n) is 5.66. The molecule has 1 saturated heterocycles. The second-order valence-corrected chi connectivity index (χ2v) is 7.22. The number of carbonyl (C=O) groups is 1. The van der Waals surface area contributed by atoms with Gasteiger partial charge in [-0.05, 0) is 55.5 Å². The molecule has 1 aromatic carbocycles. The Morgan fingerprint density at radius 1 is 1.22 bits per heavy atom. The average molecular weight is 367 g/mol. The molecule has 1 fully saturated rings. The third kappa shape index (κ3) is 3.20. The van der Waals surface area contributed by atoms with Gasteiger partial charge >= 0.3 is 0 Å². The molecule has 0 saturated carbocycles. The number of hydrogen-bond acceptors (Lipinski definition) is 5. The first-order chi connectivity index (χ1) is 13.1. The Bertz CT molecular complexity index is 881. The molecule has 0 spiro atoms. The van der Waals surface area contributed by atoms with E-state index in [-0.39, 0.29) is 5.92 Å². The van der Waals surface area contributed by atoms with Gasteiger partial charge in [0.25, 0.3) is 5.91 Å². The van der Waals surface area contributed by atoms with Crippen LogP contribution in [0.2, 0.25) is 0 Å². The first kappa shape index (κ1) is 17.6. The summed E-state index contributed by atoms with van der Waals surface area (Å²) in [6, 6.07) is 7.84. The lowest BCUT2D eigenvalue weighted by molar-refractivity contribution is 0.100. The number of methoxy groups -OCH3 is 2. The second-order valence-electron chi connectivity index (χ2n) is 7.22. The number of aromatic nitrogens is 1. The maximum atomic E-state index is 12.0. The summed E-state index contributed by atoms with van der Waals surface area (Å²) in [5.41, 5.74) is 9.60. The van der Waals surface area contributed by atoms with Gasteiger partial charge in [-0.2, -0.15) is 0 Å². The highest BCUT2D eigenvalue weighted by atomic mass is 16.5. The van der Waals surface area contributed by atoms with Crippen molar-refractivity contribution in [3.8, 4) is 11.5 Å². The van der Waals surface area contributed by atoms with Crippen LogP contribution in [0.4, 0.5) is 5.82 Å². The summed E-state index contributed by atoms with van der Waals surface area (Å²) < 4.78 is 10.9. The maximum Gasteiger partial charge on any atom is 0.252 e. The van der Waals surface area contributed by atoms with Crippen LogP contribution in [0.3, 0.4) is 0 Å². The lowest BCUT2D eigenvalue weighted by atomic mass is 9.97. The van der Waals surface area contributed by atoms with Gasteiger partial charge in [0.2, 0.25) is 0 Å². The van der Waals surface area contributed by atoms with Gasteiger partial charge in [-0.1, -0.05) is 0 Å². The Morgan fingerprint density at radius 3 is 2.81 bits per heavy atom. The summed E-state index contributed by atoms with van der Waals surface area (Å²) in [5, 5.41) is 0. The van der Waals surface area contributed by atoms with E-state index < -0.39 is 5.91 Å². The predicted molar refractivity (Wildman–Crippen MR) is 104 cm³/mol. The van der Waals surface area contributed by atoms with E-state index in [4.69, 9.17) is 20.2 Å². The zero-order valence-electron chi connectivity index (χ0n) is 15.8. The van der Waals surface area contributed by atoms with Gasteiger partial charge in [0.15, 0.2) is 0 Å². The number of aryl methyl sites for hydroxylation is 2. The van der Waals surface area contributed by atoms with Crippen LogP contribution in [0.25, 0.3) is 0 Å². The average Bonchev–Trinajstić information content (AvgIpc) is 3.35. The fraction of sp³-hybridized carbons (Fsp3) is 0.429. The van der Waals surface area contributed by atoms with Crippen LogP contribution in [0.1, 0.15) is 45.9 Å². The number of primary amides is 1. The minimum Gasteiger partial charge on any atom is -0.497 e. The molecule has 0 bridgehead atoms. The Morgan fingerprint density at radius 2 is 2.07 bits per heavy atom. The van der Waals surface area contributed by atoms with E-state index in [9.17, 15) is 4.79 Å². The zero-order valence-corrected chi connectivity index (χ0v) is 15.8. The Hall–Kier alpha value is -2.76. The van der Waals surface area contributed by atoms with Crippen molar-refractivity contribution in [2.24, 2.45) is 5.73 Å². The van der Waals surface area contributed by atoms with E-state index in [2.05, 4.69) is 4.90 Å². The number of amides is 1. The van der Waals surface area contributed by atoms with E-state index >= 15 is 0 Å². The molecule has 6 heteroatoms. The summed E-state index contributed by atoms with van der Waals surface area (Å²) in [6.45, 7) is 1.60. The summed E-state index contributed by atoms with van der Waals surface area (Å²) in [4.78, 5) is 19.0. The topological polar surface area (TPSA) is 77.7 Å². The van der Waals surface area contributed by atoms with Gasteiger partial charge in [0.05, 0.1) is 19.8 Å². The highest BCUT2D eigenvalue weighted by molar-refractivity contribution is 5.98. The van der Waals surface area contributed by atoms with Gasteiger partial charge in [0.1, 0.15) is 17.3 Å². The highest BCUT2D eigenvalue weighted by Crippen LogP contribution is 2.38. The number of rotatable bonds is 5. The Kier molecular flexibility index (Phi) is 4.64. The summed E-state index contributed by atoms with van der Waals surface area (Å²) in [7, 11) is 3.35. The SMILES string of the molecule is COc1ccc(OC)c(C2CCN(c3nc4c(cc3C(N)=O)CCC4)C2)c1. The van der Waals surface area contributed by atoms with Crippen molar-refractivity contribution in [3.63, 3.8) is 0 Å². The van der Waals surface area contributed by atoms with Crippen LogP contribution >= 0.6 is 0 Å². The molecule has 1 unspecified atom stereocenters. The Labute approximate surface area is 159 Å². The molecule has 1 aromatic heterocycles. The summed E-state index contributed by atoms with van der Waals surface area (Å²) in [6.07, 6.45) is 4.00. The number of benzene rings is 1. The normalized spacial score (nSPS) is 18.4. The molecule has 2 N–H and O–H groups in total. The first-order valence-corrected chi connectivity index (χ1v) is 9.40. The molecule has 1 amide bonds. The molecular formula is C21H25N3O3. The predicted octanol–water partition coefficient (Wildman–Crippen LogP) is 2.68. The molecule has 2 aromatic rings. The van der Waals surface area contributed by atoms with Gasteiger partial charge in [0, 0.05) is 30.3 Å². The quantitative estimate of drug-likeness (QED) is 0.879. The van der Waals surface area contributed by atoms with Crippen molar-refractivity contribution in [2.45, 2.75) is 31.6 Å². The van der Waals surface area contributed by atoms with E-state index in [1.54, 1.807) is 14.2 Å². The number of ether oxygens (including phenoxy) is 2. The van der Waals surface area contributed by atoms with Crippen molar-refractivity contribution in [1.82, 2.24) is 4.98 Å². The molecule has 142 valence electrons. The number of anilines is 1. The van der Waals surface area contributed by atoms with Gasteiger partial charge < -0.3 is 20.1 Å². The molecule has 0 radical (unpaired) electrons. The molecular weight excluding hydrogens is 342 g/mol. The van der Waals surface area contributed by atoms with E-state index in [0.29, 0.717) is 5.56 Å². The zero-order chi connectivity index (χ0) is 19.0. The Balaban J connectivity index is 1.65. The van der Waals surface area contributed by atoms with Crippen LogP contribution in [-0.4, -0.2) is 38.2 Å². The fourth-order valence-electron chi connectivity index (χ4n) is 4.25. The van der Waals surface area contributed by atoms with E-state index in [0.717, 1.165) is 72.9 Å². The number of pyridine rings is 1. The summed E-state index contributed by atoms with van der Waals surface area (Å²) >= 11 is 0. The lowest BCUT2D eigenvalue weighted by Crippen LogP contribution is -2.26. The second kappa shape index (κ2) is 7.10. The van der Waals surface area contributed by atoms with E-state index in [1.165, 1.54) is 0 Å². The number of hydrogen-bond donors (Lipinski definition) is 1. The number of carbonyl (C=O) groups excluding carboxylic acids is 1. The van der Waals surface area contributed by atoms with Crippen LogP contribution in [0.5, 0.6) is 11.5 Å². The number of nitrogens with zero attached hydrogens (tertiary/aromatic N) is 2. The fourth-order valence-corrected chi connectivity index (χ4v) is 4.25. The van der Waals surface area contributed by atoms with Crippen molar-refractivity contribution in [1.29, 1.82) is 0 Å². The molecule has 2 aliphatic rings. The van der Waals surface area contributed by atoms with Crippen molar-refractivity contribution < 1.29 is 14.3 Å². The van der Waals surface area contributed by atoms with Crippen LogP contribution in [0.15, 0.2) is 24.3 Å². The number of nitrogens with two attached hydrogens (primary N) is 1. The monoisotopic (exact) mass is 367 g/mol. The third-order valence-corrected chi connectivity index (χ3v) is 5.66. The number of fused-ring (bicyclic) bond motifs is 1. The van der Waals surface area contributed by atoms with Crippen LogP contribution in [0, 0.1) is 0 Å². The van der Waals surface area contributed by atoms with Gasteiger partial charge in [-0.25, -0.2) is 4.98 Å². The molecule has 27 heavy (non-hydrogen) atoms. The minimum atomic E-state index is -0.408. The largest absolute Gasteiger partial charge is 0.497 e. The van der Waals surface area contributed by atoms with Gasteiger partial charge in [-0.15, -0.1) is 0 Å². The highest BCUT2D eigenvalue weighted by Gasteiger charge is 2.30. The summed E-state index contributed by atoms with van der Waals surface area (Å²) in [5.74, 6) is 2.28. The maximum absolute atomic E-state index is 12.0.